The summed E-state index contributed by atoms with van der Waals surface area (Å²) in [5.41, 5.74) is -0.321. The predicted molar refractivity (Wildman–Crippen MR) is 105 cm³/mol. The highest BCUT2D eigenvalue weighted by molar-refractivity contribution is 14.0. The zero-order valence-corrected chi connectivity index (χ0v) is 17.5. The number of aryl methyl sites for hydroxylation is 3. The highest BCUT2D eigenvalue weighted by Crippen LogP contribution is 2.26. The van der Waals surface area contributed by atoms with E-state index in [2.05, 4.69) is 25.8 Å². The molecule has 0 saturated heterocycles. The third-order valence-electron chi connectivity index (χ3n) is 3.51. The van der Waals surface area contributed by atoms with E-state index in [1.807, 2.05) is 26.8 Å². The molecular formula is C16H26IN5O3. The fourth-order valence-electron chi connectivity index (χ4n) is 2.41. The zero-order chi connectivity index (χ0) is 17.7. The van der Waals surface area contributed by atoms with E-state index >= 15 is 0 Å². The van der Waals surface area contributed by atoms with Crippen LogP contribution in [0.15, 0.2) is 20.0 Å². The third kappa shape index (κ3) is 5.99. The monoisotopic (exact) mass is 463 g/mol. The van der Waals surface area contributed by atoms with Gasteiger partial charge in [-0.15, -0.1) is 24.0 Å². The fraction of sp³-hybridized carbons (Fsp3) is 0.562. The van der Waals surface area contributed by atoms with Crippen molar-refractivity contribution in [2.45, 2.75) is 46.8 Å². The first-order chi connectivity index (χ1) is 11.3. The van der Waals surface area contributed by atoms with E-state index in [0.29, 0.717) is 36.5 Å². The van der Waals surface area contributed by atoms with E-state index in [9.17, 15) is 5.11 Å². The van der Waals surface area contributed by atoms with Crippen molar-refractivity contribution in [2.24, 2.45) is 4.99 Å². The molecule has 140 valence electrons. The summed E-state index contributed by atoms with van der Waals surface area (Å²) in [6, 6.07) is 1.85. The lowest BCUT2D eigenvalue weighted by molar-refractivity contribution is 0.0601. The molecule has 2 aromatic heterocycles. The number of furan rings is 1. The Morgan fingerprint density at radius 2 is 2.04 bits per heavy atom. The van der Waals surface area contributed by atoms with Gasteiger partial charge in [-0.25, -0.2) is 4.99 Å². The van der Waals surface area contributed by atoms with Crippen LogP contribution >= 0.6 is 24.0 Å². The molecule has 0 radical (unpaired) electrons. The smallest absolute Gasteiger partial charge is 0.223 e. The van der Waals surface area contributed by atoms with Gasteiger partial charge in [-0.05, 0) is 33.8 Å². The van der Waals surface area contributed by atoms with Crippen LogP contribution in [0, 0.1) is 20.8 Å². The van der Waals surface area contributed by atoms with E-state index in [-0.39, 0.29) is 30.5 Å². The van der Waals surface area contributed by atoms with E-state index in [1.54, 1.807) is 13.8 Å². The summed E-state index contributed by atoms with van der Waals surface area (Å²) in [6.07, 6.45) is 0. The number of guanidine groups is 1. The molecule has 1 unspecified atom stereocenters. The molecule has 25 heavy (non-hydrogen) atoms. The largest absolute Gasteiger partial charge is 0.466 e. The first kappa shape index (κ1) is 21.4. The SMILES string of the molecule is CCNC(=NCc1noc(C)n1)NCC(C)(O)c1cc(C)oc1C.I. The van der Waals surface area contributed by atoms with Crippen molar-refractivity contribution in [3.63, 3.8) is 0 Å². The van der Waals surface area contributed by atoms with Gasteiger partial charge in [0.15, 0.2) is 11.8 Å². The van der Waals surface area contributed by atoms with Crippen LogP contribution in [0.25, 0.3) is 0 Å². The number of halogens is 1. The predicted octanol–water partition coefficient (Wildman–Crippen LogP) is 2.17. The van der Waals surface area contributed by atoms with Gasteiger partial charge in [0.05, 0.1) is 6.54 Å². The molecule has 0 fully saturated rings. The van der Waals surface area contributed by atoms with Gasteiger partial charge in [0, 0.05) is 19.0 Å². The third-order valence-corrected chi connectivity index (χ3v) is 3.51. The molecule has 0 amide bonds. The number of hydrogen-bond acceptors (Lipinski definition) is 6. The summed E-state index contributed by atoms with van der Waals surface area (Å²) in [5.74, 6) is 3.07. The Balaban J connectivity index is 0.00000312. The molecule has 2 heterocycles. The number of nitrogens with zero attached hydrogens (tertiary/aromatic N) is 3. The minimum atomic E-state index is -1.08. The van der Waals surface area contributed by atoms with Crippen molar-refractivity contribution in [3.05, 3.63) is 34.9 Å². The van der Waals surface area contributed by atoms with Gasteiger partial charge in [-0.1, -0.05) is 5.16 Å². The molecule has 0 bridgehead atoms. The second kappa shape index (κ2) is 9.18. The Morgan fingerprint density at radius 1 is 1.32 bits per heavy atom. The average molecular weight is 463 g/mol. The highest BCUT2D eigenvalue weighted by Gasteiger charge is 2.27. The van der Waals surface area contributed by atoms with Crippen LogP contribution in [0.2, 0.25) is 0 Å². The van der Waals surface area contributed by atoms with Gasteiger partial charge in [0.25, 0.3) is 0 Å². The first-order valence-corrected chi connectivity index (χ1v) is 7.93. The van der Waals surface area contributed by atoms with Crippen LogP contribution in [0.4, 0.5) is 0 Å². The van der Waals surface area contributed by atoms with Crippen molar-refractivity contribution in [1.29, 1.82) is 0 Å². The molecule has 3 N–H and O–H groups in total. The molecule has 0 saturated carbocycles. The molecule has 0 aliphatic heterocycles. The molecule has 0 aliphatic rings. The summed E-state index contributed by atoms with van der Waals surface area (Å²) < 4.78 is 10.4. The number of aliphatic imine (C=N–C) groups is 1. The Morgan fingerprint density at radius 3 is 2.56 bits per heavy atom. The standard InChI is InChI=1S/C16H25N5O3.HI/c1-6-17-15(18-8-14-20-12(4)24-21-14)19-9-16(5,22)13-7-10(2)23-11(13)3;/h7,22H,6,8-9H2,1-5H3,(H2,17,18,19);1H. The van der Waals surface area contributed by atoms with Crippen molar-refractivity contribution in [2.75, 3.05) is 13.1 Å². The quantitative estimate of drug-likeness (QED) is 0.342. The van der Waals surface area contributed by atoms with E-state index < -0.39 is 5.60 Å². The van der Waals surface area contributed by atoms with Gasteiger partial charge in [0.2, 0.25) is 5.89 Å². The van der Waals surface area contributed by atoms with Crippen molar-refractivity contribution >= 4 is 29.9 Å². The minimum Gasteiger partial charge on any atom is -0.466 e. The van der Waals surface area contributed by atoms with E-state index in [1.165, 1.54) is 0 Å². The molecule has 0 aromatic carbocycles. The molecule has 1 atom stereocenters. The lowest BCUT2D eigenvalue weighted by Crippen LogP contribution is -2.44. The maximum absolute atomic E-state index is 10.7. The maximum atomic E-state index is 10.7. The van der Waals surface area contributed by atoms with Crippen LogP contribution in [0.1, 0.15) is 42.6 Å². The van der Waals surface area contributed by atoms with Gasteiger partial charge in [-0.2, -0.15) is 4.98 Å². The summed E-state index contributed by atoms with van der Waals surface area (Å²) in [6.45, 7) is 10.4. The van der Waals surface area contributed by atoms with Crippen molar-refractivity contribution < 1.29 is 14.0 Å². The Hall–Kier alpha value is -1.62. The van der Waals surface area contributed by atoms with Gasteiger partial charge in [0.1, 0.15) is 23.7 Å². The van der Waals surface area contributed by atoms with Crippen molar-refractivity contribution in [3.8, 4) is 0 Å². The van der Waals surface area contributed by atoms with Crippen LogP contribution < -0.4 is 10.6 Å². The normalized spacial score (nSPS) is 13.9. The Bertz CT molecular complexity index is 708. The van der Waals surface area contributed by atoms with Gasteiger partial charge >= 0.3 is 0 Å². The molecule has 2 aromatic rings. The minimum absolute atomic E-state index is 0. The van der Waals surface area contributed by atoms with E-state index in [0.717, 1.165) is 11.3 Å². The van der Waals surface area contributed by atoms with Gasteiger partial charge < -0.3 is 24.7 Å². The van der Waals surface area contributed by atoms with Crippen LogP contribution in [0.3, 0.4) is 0 Å². The number of hydrogen-bond donors (Lipinski definition) is 3. The number of nitrogens with one attached hydrogen (secondary N) is 2. The average Bonchev–Trinajstić information content (AvgIpc) is 3.07. The molecule has 9 heteroatoms. The van der Waals surface area contributed by atoms with Crippen LogP contribution in [-0.4, -0.2) is 34.3 Å². The number of rotatable bonds is 6. The first-order valence-electron chi connectivity index (χ1n) is 7.93. The van der Waals surface area contributed by atoms with Crippen LogP contribution in [0.5, 0.6) is 0 Å². The number of aromatic nitrogens is 2. The summed E-state index contributed by atoms with van der Waals surface area (Å²) in [5, 5.41) is 20.8. The lowest BCUT2D eigenvalue weighted by Gasteiger charge is -2.24. The zero-order valence-electron chi connectivity index (χ0n) is 15.2. The van der Waals surface area contributed by atoms with Gasteiger partial charge in [-0.3, -0.25) is 0 Å². The Labute approximate surface area is 164 Å². The fourth-order valence-corrected chi connectivity index (χ4v) is 2.41. The molecule has 2 rings (SSSR count). The second-order valence-electron chi connectivity index (χ2n) is 5.88. The van der Waals surface area contributed by atoms with Crippen LogP contribution in [-0.2, 0) is 12.1 Å². The number of aliphatic hydroxyl groups is 1. The van der Waals surface area contributed by atoms with E-state index in [4.69, 9.17) is 8.94 Å². The topological polar surface area (TPSA) is 109 Å². The molecular weight excluding hydrogens is 437 g/mol. The summed E-state index contributed by atoms with van der Waals surface area (Å²) in [7, 11) is 0. The second-order valence-corrected chi connectivity index (χ2v) is 5.88. The summed E-state index contributed by atoms with van der Waals surface area (Å²) >= 11 is 0. The molecule has 0 spiro atoms. The molecule has 8 nitrogen and oxygen atoms in total. The van der Waals surface area contributed by atoms with Crippen molar-refractivity contribution in [1.82, 2.24) is 20.8 Å². The maximum Gasteiger partial charge on any atom is 0.223 e. The highest BCUT2D eigenvalue weighted by atomic mass is 127. The summed E-state index contributed by atoms with van der Waals surface area (Å²) in [4.78, 5) is 8.51. The molecule has 0 aliphatic carbocycles. The Kier molecular flexibility index (Phi) is 7.87. The lowest BCUT2D eigenvalue weighted by atomic mass is 9.96.